The van der Waals surface area contributed by atoms with E-state index < -0.39 is 83.8 Å². The number of hydrogen-bond donors (Lipinski definition) is 3. The van der Waals surface area contributed by atoms with E-state index >= 15 is 0 Å². The highest BCUT2D eigenvalue weighted by atomic mass is 16.6. The van der Waals surface area contributed by atoms with Crippen molar-refractivity contribution in [1.82, 2.24) is 10.6 Å². The van der Waals surface area contributed by atoms with E-state index in [1.54, 1.807) is 55.4 Å². The Labute approximate surface area is 416 Å². The van der Waals surface area contributed by atoms with E-state index in [0.29, 0.717) is 12.8 Å². The summed E-state index contributed by atoms with van der Waals surface area (Å²) in [5.74, 6) is -3.32. The van der Waals surface area contributed by atoms with Crippen LogP contribution in [0.4, 0.5) is 9.59 Å². The number of alkyl carbamates (subject to hydrolysis) is 2. The molecule has 2 aliphatic rings. The van der Waals surface area contributed by atoms with Gasteiger partial charge in [-0.05, 0) is 84.9 Å². The van der Waals surface area contributed by atoms with Crippen molar-refractivity contribution >= 4 is 36.1 Å². The quantitative estimate of drug-likeness (QED) is 0.0608. The average molecular weight is 991 g/mol. The van der Waals surface area contributed by atoms with Gasteiger partial charge in [-0.2, -0.15) is 0 Å². The minimum atomic E-state index is -1.05. The van der Waals surface area contributed by atoms with E-state index in [0.717, 1.165) is 16.7 Å². The van der Waals surface area contributed by atoms with Crippen molar-refractivity contribution in [1.29, 1.82) is 0 Å². The number of hydrogen-bond acceptors (Lipinski definition) is 15. The molecule has 5 rings (SSSR count). The largest absolute Gasteiger partial charge is 0.494 e. The van der Waals surface area contributed by atoms with Crippen molar-refractivity contribution in [2.75, 3.05) is 33.0 Å². The van der Waals surface area contributed by atoms with E-state index in [1.165, 1.54) is 12.3 Å². The summed E-state index contributed by atoms with van der Waals surface area (Å²) in [5.41, 5.74) is 1.52. The lowest BCUT2D eigenvalue weighted by molar-refractivity contribution is -0.161. The van der Waals surface area contributed by atoms with Gasteiger partial charge in [-0.25, -0.2) is 24.0 Å². The number of aliphatic carboxylic acids is 1. The molecule has 2 amide bonds. The molecule has 3 N–H and O–H groups in total. The third kappa shape index (κ3) is 22.0. The zero-order valence-corrected chi connectivity index (χ0v) is 41.9. The highest BCUT2D eigenvalue weighted by molar-refractivity contribution is 5.83. The molecule has 0 bridgehead atoms. The highest BCUT2D eigenvalue weighted by Crippen LogP contribution is 2.25. The molecule has 0 aliphatic carbocycles. The Kier molecular flexibility index (Phi) is 22.8. The van der Waals surface area contributed by atoms with Crippen molar-refractivity contribution in [3.8, 4) is 0 Å². The number of carbonyl (C=O) groups excluding carboxylic acids is 5. The molecule has 0 spiro atoms. The lowest BCUT2D eigenvalue weighted by atomic mass is 9.91. The fraction of sp³-hybridized carbons (Fsp3) is 0.509. The fourth-order valence-electron chi connectivity index (χ4n) is 7.45. The topological polar surface area (TPSA) is 230 Å². The number of rotatable bonds is 15. The van der Waals surface area contributed by atoms with Gasteiger partial charge in [-0.15, -0.1) is 0 Å². The summed E-state index contributed by atoms with van der Waals surface area (Å²) in [6, 6.07) is 26.8. The first-order valence-corrected chi connectivity index (χ1v) is 23.6. The Hall–Kier alpha value is -6.50. The summed E-state index contributed by atoms with van der Waals surface area (Å²) in [5, 5.41) is 14.0. The number of carbonyl (C=O) groups is 6. The molecule has 8 atom stereocenters. The molecular weight excluding hydrogens is 921 g/mol. The van der Waals surface area contributed by atoms with Crippen LogP contribution in [-0.4, -0.2) is 122 Å². The second-order valence-electron chi connectivity index (χ2n) is 19.1. The van der Waals surface area contributed by atoms with E-state index in [-0.39, 0.29) is 57.9 Å². The van der Waals surface area contributed by atoms with Gasteiger partial charge in [0.05, 0.1) is 57.9 Å². The lowest BCUT2D eigenvalue weighted by Gasteiger charge is -2.30. The molecule has 2 fully saturated rings. The molecular formula is C53H70N2O16. The van der Waals surface area contributed by atoms with Crippen molar-refractivity contribution in [3.05, 3.63) is 120 Å². The molecule has 0 radical (unpaired) electrons. The lowest BCUT2D eigenvalue weighted by Crippen LogP contribution is -2.47. The number of benzene rings is 3. The van der Waals surface area contributed by atoms with Crippen LogP contribution in [-0.2, 0) is 81.3 Å². The second kappa shape index (κ2) is 28.4. The molecule has 0 aromatic heterocycles. The number of carboxylic acids is 1. The first-order valence-electron chi connectivity index (χ1n) is 23.6. The Bertz CT molecular complexity index is 2160. The number of amides is 2. The van der Waals surface area contributed by atoms with Gasteiger partial charge in [0.25, 0.3) is 0 Å². The zero-order chi connectivity index (χ0) is 52.0. The minimum absolute atomic E-state index is 0.0211. The van der Waals surface area contributed by atoms with Crippen LogP contribution in [0.3, 0.4) is 0 Å². The summed E-state index contributed by atoms with van der Waals surface area (Å²) in [6.45, 7) is 14.1. The van der Waals surface area contributed by atoms with Gasteiger partial charge in [0.15, 0.2) is 12.1 Å². The summed E-state index contributed by atoms with van der Waals surface area (Å²) in [4.78, 5) is 73.2. The molecule has 2 heterocycles. The molecule has 3 aromatic rings. The Morgan fingerprint density at radius 1 is 0.634 bits per heavy atom. The number of cyclic esters (lactones) is 2. The molecule has 0 saturated carbocycles. The minimum Gasteiger partial charge on any atom is -0.494 e. The van der Waals surface area contributed by atoms with Gasteiger partial charge in [-0.1, -0.05) is 91.0 Å². The van der Waals surface area contributed by atoms with E-state index in [9.17, 15) is 28.8 Å². The van der Waals surface area contributed by atoms with Crippen molar-refractivity contribution in [2.45, 2.75) is 129 Å². The molecule has 2 aliphatic heterocycles. The first kappa shape index (κ1) is 57.1. The van der Waals surface area contributed by atoms with Crippen LogP contribution in [0, 0.1) is 11.8 Å². The number of esters is 3. The summed E-state index contributed by atoms with van der Waals surface area (Å²) < 4.78 is 50.6. The number of nitrogens with one attached hydrogen (secondary N) is 2. The standard InChI is InChI=1S/C30H37NO8.C23H33NO8/c1-21-27(36-16-15-26(32)37-18-23-13-9-6-10-14-23)24(17-22-11-7-5-8-12-22)19-35-20-25(28(33)38-21)31-29(34)39-30(2,3)4;1-15-20(30-11-10-19(25)26)17(12-16-8-6-5-7-9-16)13-29-14-18(21(27)31-15)24-22(28)32-23(2,3)4/h5-16,21,24-25,27H,17-20H2,1-4H3,(H,31,34);5-9,15,17-18,20H,10-14H2,1-4H3,(H,24,28)(H,25,26)/b16-15+;/t21-,24-,25-,27-;15-,17-,18-,20-/m00/s1. The molecule has 0 unspecified atom stereocenters. The van der Waals surface area contributed by atoms with Crippen LogP contribution in [0.15, 0.2) is 103 Å². The van der Waals surface area contributed by atoms with Crippen LogP contribution in [0.5, 0.6) is 0 Å². The SMILES string of the molecule is C[C@@H]1OC(=O)[C@@H](NC(=O)OC(C)(C)C)COC[C@H](Cc2ccccc2)[C@H]1O/C=C/C(=O)OCc1ccccc1.C[C@@H]1OC(=O)[C@@H](NC(=O)OC(C)(C)C)COC[C@H](Cc2ccccc2)[C@H]1OCCC(=O)O. The van der Waals surface area contributed by atoms with Crippen LogP contribution in [0.2, 0.25) is 0 Å². The summed E-state index contributed by atoms with van der Waals surface area (Å²) >= 11 is 0. The van der Waals surface area contributed by atoms with Gasteiger partial charge < -0.3 is 58.4 Å². The third-order valence-corrected chi connectivity index (χ3v) is 10.6. The van der Waals surface area contributed by atoms with Gasteiger partial charge in [0.2, 0.25) is 0 Å². The first-order chi connectivity index (χ1) is 33.7. The molecule has 388 valence electrons. The van der Waals surface area contributed by atoms with Gasteiger partial charge in [0, 0.05) is 11.8 Å². The Morgan fingerprint density at radius 2 is 1.06 bits per heavy atom. The van der Waals surface area contributed by atoms with Crippen LogP contribution >= 0.6 is 0 Å². The maximum absolute atomic E-state index is 12.9. The Balaban J connectivity index is 0.000000315. The smallest absolute Gasteiger partial charge is 0.408 e. The molecule has 18 heteroatoms. The van der Waals surface area contributed by atoms with E-state index in [2.05, 4.69) is 10.6 Å². The molecule has 2 saturated heterocycles. The number of ether oxygens (including phenoxy) is 9. The van der Waals surface area contributed by atoms with Gasteiger partial charge >= 0.3 is 36.1 Å². The molecule has 18 nitrogen and oxygen atoms in total. The Morgan fingerprint density at radius 3 is 1.49 bits per heavy atom. The van der Waals surface area contributed by atoms with Crippen molar-refractivity contribution in [2.24, 2.45) is 11.8 Å². The van der Waals surface area contributed by atoms with Crippen molar-refractivity contribution < 1.29 is 76.5 Å². The molecule has 71 heavy (non-hydrogen) atoms. The average Bonchev–Trinajstić information content (AvgIpc) is 3.37. The van der Waals surface area contributed by atoms with Gasteiger partial charge in [-0.3, -0.25) is 4.79 Å². The summed E-state index contributed by atoms with van der Waals surface area (Å²) in [6.07, 6.45) is -0.683. The second-order valence-corrected chi connectivity index (χ2v) is 19.1. The predicted octanol–water partition coefficient (Wildman–Crippen LogP) is 6.90. The predicted molar refractivity (Wildman–Crippen MR) is 259 cm³/mol. The fourth-order valence-corrected chi connectivity index (χ4v) is 7.45. The van der Waals surface area contributed by atoms with Crippen LogP contribution in [0.1, 0.15) is 78.5 Å². The summed E-state index contributed by atoms with van der Waals surface area (Å²) in [7, 11) is 0. The van der Waals surface area contributed by atoms with E-state index in [4.69, 9.17) is 47.7 Å². The zero-order valence-electron chi connectivity index (χ0n) is 41.9. The van der Waals surface area contributed by atoms with E-state index in [1.807, 2.05) is 91.0 Å². The van der Waals surface area contributed by atoms with Crippen LogP contribution < -0.4 is 10.6 Å². The van der Waals surface area contributed by atoms with Crippen molar-refractivity contribution in [3.63, 3.8) is 0 Å². The number of carboxylic acid groups (broad SMARTS) is 1. The van der Waals surface area contributed by atoms with Crippen LogP contribution in [0.25, 0.3) is 0 Å². The highest BCUT2D eigenvalue weighted by Gasteiger charge is 2.38. The maximum atomic E-state index is 12.9. The third-order valence-electron chi connectivity index (χ3n) is 10.6. The van der Waals surface area contributed by atoms with Gasteiger partial charge in [0.1, 0.15) is 36.1 Å². The molecule has 3 aromatic carbocycles. The monoisotopic (exact) mass is 990 g/mol. The normalized spacial score (nSPS) is 23.2. The maximum Gasteiger partial charge on any atom is 0.408 e.